The number of carbonyl (C=O) groups is 1. The Balaban J connectivity index is 1.75. The molecule has 4 rings (SSSR count). The molecule has 1 aliphatic heterocycles. The number of aryl methyl sites for hydroxylation is 1. The molecule has 7 heteroatoms. The fraction of sp³-hybridized carbons (Fsp3) is 0.421. The van der Waals surface area contributed by atoms with Crippen molar-refractivity contribution >= 4 is 39.9 Å². The van der Waals surface area contributed by atoms with Crippen LogP contribution in [-0.2, 0) is 4.79 Å². The monoisotopic (exact) mass is 371 g/mol. The minimum absolute atomic E-state index is 0.0328. The fourth-order valence-electron chi connectivity index (χ4n) is 3.51. The summed E-state index contributed by atoms with van der Waals surface area (Å²) in [6, 6.07) is 8.11. The first kappa shape index (κ1) is 17.1. The highest BCUT2D eigenvalue weighted by Gasteiger charge is 2.25. The van der Waals surface area contributed by atoms with Gasteiger partial charge in [-0.05, 0) is 19.1 Å². The van der Waals surface area contributed by atoms with Gasteiger partial charge in [-0.25, -0.2) is 9.50 Å². The van der Waals surface area contributed by atoms with Crippen molar-refractivity contribution in [2.24, 2.45) is 5.92 Å². The van der Waals surface area contributed by atoms with Crippen molar-refractivity contribution in [3.8, 4) is 0 Å². The number of carbonyl (C=O) groups excluding carboxylic acids is 1. The summed E-state index contributed by atoms with van der Waals surface area (Å²) < 4.78 is 1.81. The minimum atomic E-state index is 0.0328. The molecule has 1 fully saturated rings. The summed E-state index contributed by atoms with van der Waals surface area (Å²) in [5, 5.41) is 6.17. The van der Waals surface area contributed by atoms with Gasteiger partial charge in [-0.15, -0.1) is 0 Å². The van der Waals surface area contributed by atoms with Gasteiger partial charge in [0.1, 0.15) is 10.8 Å². The molecule has 6 nitrogen and oxygen atoms in total. The fourth-order valence-corrected chi connectivity index (χ4v) is 3.67. The predicted molar refractivity (Wildman–Crippen MR) is 104 cm³/mol. The second-order valence-electron chi connectivity index (χ2n) is 7.05. The van der Waals surface area contributed by atoms with Crippen LogP contribution in [0.25, 0.3) is 16.6 Å². The van der Waals surface area contributed by atoms with Gasteiger partial charge >= 0.3 is 0 Å². The zero-order chi connectivity index (χ0) is 18.4. The second-order valence-corrected chi connectivity index (χ2v) is 7.43. The molecule has 0 bridgehead atoms. The molecule has 0 radical (unpaired) electrons. The minimum Gasteiger partial charge on any atom is -0.352 e. The highest BCUT2D eigenvalue weighted by Crippen LogP contribution is 2.30. The molecule has 1 aromatic carbocycles. The zero-order valence-corrected chi connectivity index (χ0v) is 16.0. The maximum atomic E-state index is 12.2. The van der Waals surface area contributed by atoms with E-state index in [1.165, 1.54) is 0 Å². The number of halogens is 1. The number of nitrogens with zero attached hydrogens (tertiary/aromatic N) is 5. The Morgan fingerprint density at radius 2 is 1.85 bits per heavy atom. The van der Waals surface area contributed by atoms with Crippen LogP contribution < -0.4 is 4.90 Å². The number of hydrogen-bond acceptors (Lipinski definition) is 4. The van der Waals surface area contributed by atoms with Crippen molar-refractivity contribution < 1.29 is 4.79 Å². The van der Waals surface area contributed by atoms with Crippen LogP contribution in [0, 0.1) is 12.8 Å². The van der Waals surface area contributed by atoms with E-state index in [0.29, 0.717) is 23.8 Å². The van der Waals surface area contributed by atoms with Gasteiger partial charge in [-0.1, -0.05) is 37.6 Å². The van der Waals surface area contributed by atoms with Crippen LogP contribution in [0.3, 0.4) is 0 Å². The van der Waals surface area contributed by atoms with E-state index in [9.17, 15) is 4.79 Å². The van der Waals surface area contributed by atoms with Crippen LogP contribution in [0.15, 0.2) is 24.3 Å². The average Bonchev–Trinajstić information content (AvgIpc) is 2.95. The molecule has 136 valence electrons. The highest BCUT2D eigenvalue weighted by atomic mass is 35.5. The summed E-state index contributed by atoms with van der Waals surface area (Å²) in [5.74, 6) is 1.16. The second kappa shape index (κ2) is 6.43. The largest absolute Gasteiger partial charge is 0.352 e. The first-order chi connectivity index (χ1) is 12.5. The molecule has 3 heterocycles. The van der Waals surface area contributed by atoms with E-state index in [-0.39, 0.29) is 11.8 Å². The lowest BCUT2D eigenvalue weighted by molar-refractivity contribution is -0.134. The maximum absolute atomic E-state index is 12.2. The van der Waals surface area contributed by atoms with Gasteiger partial charge < -0.3 is 9.80 Å². The van der Waals surface area contributed by atoms with Crippen LogP contribution in [-0.4, -0.2) is 51.6 Å². The lowest BCUT2D eigenvalue weighted by atomic mass is 10.1. The maximum Gasteiger partial charge on any atom is 0.225 e. The van der Waals surface area contributed by atoms with Gasteiger partial charge in [-0.2, -0.15) is 5.10 Å². The van der Waals surface area contributed by atoms with E-state index < -0.39 is 0 Å². The van der Waals surface area contributed by atoms with E-state index in [1.54, 1.807) is 0 Å². The molecule has 0 aliphatic carbocycles. The summed E-state index contributed by atoms with van der Waals surface area (Å²) >= 11 is 6.44. The highest BCUT2D eigenvalue weighted by molar-refractivity contribution is 6.34. The van der Waals surface area contributed by atoms with Crippen LogP contribution in [0.1, 0.15) is 19.5 Å². The van der Waals surface area contributed by atoms with Gasteiger partial charge in [0.05, 0.1) is 11.2 Å². The van der Waals surface area contributed by atoms with E-state index >= 15 is 0 Å². The quantitative estimate of drug-likeness (QED) is 0.694. The molecule has 0 unspecified atom stereocenters. The van der Waals surface area contributed by atoms with E-state index in [1.807, 2.05) is 48.4 Å². The molecule has 0 spiro atoms. The van der Waals surface area contributed by atoms with Crippen molar-refractivity contribution in [1.82, 2.24) is 19.5 Å². The van der Waals surface area contributed by atoms with Gasteiger partial charge in [0.2, 0.25) is 5.91 Å². The van der Waals surface area contributed by atoms with Gasteiger partial charge in [0.15, 0.2) is 5.65 Å². The number of hydrogen-bond donors (Lipinski definition) is 0. The summed E-state index contributed by atoms with van der Waals surface area (Å²) in [7, 11) is 0. The Hall–Kier alpha value is -2.34. The summed E-state index contributed by atoms with van der Waals surface area (Å²) in [4.78, 5) is 21.3. The molecule has 1 aliphatic rings. The zero-order valence-electron chi connectivity index (χ0n) is 15.2. The van der Waals surface area contributed by atoms with E-state index in [0.717, 1.165) is 35.5 Å². The van der Waals surface area contributed by atoms with Crippen LogP contribution in [0.4, 0.5) is 5.82 Å². The Bertz CT molecular complexity index is 988. The SMILES string of the molecule is Cc1nn2c(nc(N3CCN(C(=O)C(C)C)CC3)c3ccccc32)c1Cl. The van der Waals surface area contributed by atoms with Gasteiger partial charge in [0, 0.05) is 37.5 Å². The van der Waals surface area contributed by atoms with Gasteiger partial charge in [0.25, 0.3) is 0 Å². The summed E-state index contributed by atoms with van der Waals surface area (Å²) in [5.41, 5.74) is 2.44. The lowest BCUT2D eigenvalue weighted by Crippen LogP contribution is -2.50. The van der Waals surface area contributed by atoms with Crippen molar-refractivity contribution in [1.29, 1.82) is 0 Å². The number of piperazine rings is 1. The number of benzene rings is 1. The topological polar surface area (TPSA) is 53.7 Å². The summed E-state index contributed by atoms with van der Waals surface area (Å²) in [6.45, 7) is 8.73. The Morgan fingerprint density at radius 3 is 2.54 bits per heavy atom. The van der Waals surface area contributed by atoms with Gasteiger partial charge in [-0.3, -0.25) is 4.79 Å². The normalized spacial score (nSPS) is 15.4. The standard InChI is InChI=1S/C19H22ClN5O/c1-12(2)19(26)24-10-8-23(9-11-24)17-14-6-4-5-7-15(14)25-18(21-17)16(20)13(3)22-25/h4-7,12H,8-11H2,1-3H3. The molecule has 2 aromatic heterocycles. The van der Waals surface area contributed by atoms with E-state index in [4.69, 9.17) is 16.6 Å². The first-order valence-electron chi connectivity index (χ1n) is 8.94. The van der Waals surface area contributed by atoms with Crippen molar-refractivity contribution in [3.05, 3.63) is 35.0 Å². The lowest BCUT2D eigenvalue weighted by Gasteiger charge is -2.36. The number of para-hydroxylation sites is 1. The molecule has 26 heavy (non-hydrogen) atoms. The van der Waals surface area contributed by atoms with Crippen LogP contribution in [0.5, 0.6) is 0 Å². The Labute approximate surface area is 157 Å². The van der Waals surface area contributed by atoms with Crippen LogP contribution >= 0.6 is 11.6 Å². The molecule has 0 saturated carbocycles. The number of rotatable bonds is 2. The molecular weight excluding hydrogens is 350 g/mol. The number of anilines is 1. The molecule has 3 aromatic rings. The Morgan fingerprint density at radius 1 is 1.15 bits per heavy atom. The third-order valence-electron chi connectivity index (χ3n) is 4.93. The van der Waals surface area contributed by atoms with Crippen molar-refractivity contribution in [2.45, 2.75) is 20.8 Å². The van der Waals surface area contributed by atoms with Crippen molar-refractivity contribution in [3.63, 3.8) is 0 Å². The number of amides is 1. The van der Waals surface area contributed by atoms with E-state index in [2.05, 4.69) is 16.1 Å². The molecule has 0 N–H and O–H groups in total. The third-order valence-corrected chi connectivity index (χ3v) is 5.38. The molecule has 1 saturated heterocycles. The number of aromatic nitrogens is 3. The van der Waals surface area contributed by atoms with Crippen LogP contribution in [0.2, 0.25) is 5.02 Å². The smallest absolute Gasteiger partial charge is 0.225 e. The molecule has 0 atom stereocenters. The third kappa shape index (κ3) is 2.69. The molecular formula is C19H22ClN5O. The van der Waals surface area contributed by atoms with Crippen molar-refractivity contribution in [2.75, 3.05) is 31.1 Å². The predicted octanol–water partition coefficient (Wildman–Crippen LogP) is 3.15. The molecule has 1 amide bonds. The average molecular weight is 372 g/mol. The first-order valence-corrected chi connectivity index (χ1v) is 9.32. The number of fused-ring (bicyclic) bond motifs is 3. The Kier molecular flexibility index (Phi) is 4.23. The summed E-state index contributed by atoms with van der Waals surface area (Å²) in [6.07, 6.45) is 0.